The third-order valence-electron chi connectivity index (χ3n) is 2.43. The second-order valence-electron chi connectivity index (χ2n) is 3.83. The number of non-ortho nitro benzene ring substituents is 1. The molecule has 1 N–H and O–H groups in total. The van der Waals surface area contributed by atoms with Crippen molar-refractivity contribution in [3.63, 3.8) is 0 Å². The average molecular weight is 332 g/mol. The molecule has 0 bridgehead atoms. The van der Waals surface area contributed by atoms with Crippen LogP contribution in [0.15, 0.2) is 41.6 Å². The van der Waals surface area contributed by atoms with Gasteiger partial charge in [-0.25, -0.2) is 12.8 Å². The van der Waals surface area contributed by atoms with E-state index in [2.05, 4.69) is 4.98 Å². The molecule has 0 fully saturated rings. The number of halogens is 2. The normalized spacial score (nSPS) is 11.1. The summed E-state index contributed by atoms with van der Waals surface area (Å²) in [4.78, 5) is 12.6. The van der Waals surface area contributed by atoms with Gasteiger partial charge < -0.3 is 0 Å². The summed E-state index contributed by atoms with van der Waals surface area (Å²) in [6.07, 6.45) is 2.48. The Bertz CT molecular complexity index is 813. The minimum absolute atomic E-state index is 0.0550. The molecule has 110 valence electrons. The van der Waals surface area contributed by atoms with E-state index < -0.39 is 31.3 Å². The number of rotatable bonds is 4. The van der Waals surface area contributed by atoms with E-state index in [9.17, 15) is 22.9 Å². The Labute approximate surface area is 123 Å². The van der Waals surface area contributed by atoms with E-state index in [1.54, 1.807) is 0 Å². The average Bonchev–Trinajstić information content (AvgIpc) is 2.41. The second kappa shape index (κ2) is 5.62. The Morgan fingerprint density at radius 2 is 2.05 bits per heavy atom. The predicted octanol–water partition coefficient (Wildman–Crippen LogP) is 2.58. The molecule has 0 amide bonds. The van der Waals surface area contributed by atoms with Crippen molar-refractivity contribution in [1.29, 1.82) is 0 Å². The highest BCUT2D eigenvalue weighted by atomic mass is 35.5. The number of hydrogen-bond acceptors (Lipinski definition) is 5. The summed E-state index contributed by atoms with van der Waals surface area (Å²) >= 11 is 5.77. The molecule has 1 aromatic carbocycles. The molecule has 21 heavy (non-hydrogen) atoms. The Hall–Kier alpha value is -2.26. The van der Waals surface area contributed by atoms with Crippen LogP contribution in [0.3, 0.4) is 0 Å². The van der Waals surface area contributed by atoms with Gasteiger partial charge in [0.1, 0.15) is 10.7 Å². The molecule has 1 aromatic heterocycles. The molecule has 0 aliphatic rings. The Kier molecular flexibility index (Phi) is 4.05. The van der Waals surface area contributed by atoms with Crippen LogP contribution in [0.2, 0.25) is 5.02 Å². The first kappa shape index (κ1) is 15.1. The summed E-state index contributed by atoms with van der Waals surface area (Å²) in [6, 6.07) is 3.54. The Morgan fingerprint density at radius 3 is 2.67 bits per heavy atom. The van der Waals surface area contributed by atoms with Crippen LogP contribution >= 0.6 is 11.6 Å². The van der Waals surface area contributed by atoms with Gasteiger partial charge in [-0.2, -0.15) is 0 Å². The summed E-state index contributed by atoms with van der Waals surface area (Å²) in [5.74, 6) is -1.12. The summed E-state index contributed by atoms with van der Waals surface area (Å²) in [6.45, 7) is 0. The quantitative estimate of drug-likeness (QED) is 0.685. The van der Waals surface area contributed by atoms with Gasteiger partial charge in [-0.05, 0) is 12.1 Å². The fourth-order valence-corrected chi connectivity index (χ4v) is 2.84. The molecule has 0 aliphatic carbocycles. The highest BCUT2D eigenvalue weighted by molar-refractivity contribution is 7.92. The molecule has 10 heteroatoms. The van der Waals surface area contributed by atoms with Crippen LogP contribution in [0.25, 0.3) is 0 Å². The summed E-state index contributed by atoms with van der Waals surface area (Å²) in [5.41, 5.74) is -0.612. The number of nitrogens with one attached hydrogen (secondary N) is 1. The fraction of sp³-hybridized carbons (Fsp3) is 0. The van der Waals surface area contributed by atoms with E-state index in [-0.39, 0.29) is 10.7 Å². The van der Waals surface area contributed by atoms with Gasteiger partial charge in [0, 0.05) is 18.3 Å². The van der Waals surface area contributed by atoms with Gasteiger partial charge >= 0.3 is 0 Å². The first-order valence-corrected chi connectivity index (χ1v) is 7.23. The minimum Gasteiger partial charge on any atom is -0.276 e. The first-order chi connectivity index (χ1) is 9.81. The van der Waals surface area contributed by atoms with Crippen molar-refractivity contribution in [2.45, 2.75) is 4.90 Å². The molecule has 0 saturated heterocycles. The molecule has 0 spiro atoms. The first-order valence-electron chi connectivity index (χ1n) is 5.37. The summed E-state index contributed by atoms with van der Waals surface area (Å²) in [7, 11) is -4.38. The zero-order chi connectivity index (χ0) is 15.6. The molecule has 7 nitrogen and oxygen atoms in total. The van der Waals surface area contributed by atoms with Crippen LogP contribution < -0.4 is 4.72 Å². The lowest BCUT2D eigenvalue weighted by Gasteiger charge is -2.09. The molecule has 2 rings (SSSR count). The van der Waals surface area contributed by atoms with Crippen LogP contribution in [0, 0.1) is 15.9 Å². The molecule has 0 saturated carbocycles. The molecule has 0 unspecified atom stereocenters. The van der Waals surface area contributed by atoms with Crippen LogP contribution in [-0.4, -0.2) is 18.3 Å². The van der Waals surface area contributed by atoms with Gasteiger partial charge in [0.15, 0.2) is 0 Å². The van der Waals surface area contributed by atoms with Gasteiger partial charge in [0.2, 0.25) is 0 Å². The van der Waals surface area contributed by atoms with Crippen molar-refractivity contribution in [1.82, 2.24) is 4.98 Å². The third kappa shape index (κ3) is 3.26. The lowest BCUT2D eigenvalue weighted by molar-refractivity contribution is -0.385. The maximum absolute atomic E-state index is 13.6. The smallest absolute Gasteiger partial charge is 0.271 e. The molecule has 1 heterocycles. The van der Waals surface area contributed by atoms with Crippen molar-refractivity contribution in [2.24, 2.45) is 0 Å². The zero-order valence-corrected chi connectivity index (χ0v) is 11.7. The lowest BCUT2D eigenvalue weighted by Crippen LogP contribution is -2.15. The number of nitrogens with zero attached hydrogens (tertiary/aromatic N) is 2. The fourth-order valence-electron chi connectivity index (χ4n) is 1.46. The lowest BCUT2D eigenvalue weighted by atomic mass is 10.3. The maximum Gasteiger partial charge on any atom is 0.271 e. The summed E-state index contributed by atoms with van der Waals surface area (Å²) in [5, 5.41) is 10.7. The van der Waals surface area contributed by atoms with Gasteiger partial charge in [-0.3, -0.25) is 19.8 Å². The molecule has 2 aromatic rings. The number of sulfonamides is 1. The Morgan fingerprint density at radius 1 is 1.33 bits per heavy atom. The standard InChI is InChI=1S/C11H7ClFN3O4S/c12-8-3-4-14-6-10(8)15-21(19,20)11-5-7(16(17)18)1-2-9(11)13/h1-6,15H. The molecular formula is C11H7ClFN3O4S. The van der Waals surface area contributed by atoms with E-state index in [0.29, 0.717) is 12.1 Å². The maximum atomic E-state index is 13.6. The Balaban J connectivity index is 2.47. The largest absolute Gasteiger partial charge is 0.276 e. The van der Waals surface area contributed by atoms with E-state index >= 15 is 0 Å². The number of anilines is 1. The van der Waals surface area contributed by atoms with Gasteiger partial charge in [0.25, 0.3) is 15.7 Å². The number of nitro groups is 1. The molecule has 0 aliphatic heterocycles. The van der Waals surface area contributed by atoms with Gasteiger partial charge in [-0.1, -0.05) is 11.6 Å². The number of benzene rings is 1. The number of nitro benzene ring substituents is 1. The van der Waals surface area contributed by atoms with Crippen molar-refractivity contribution >= 4 is 33.0 Å². The van der Waals surface area contributed by atoms with E-state index in [4.69, 9.17) is 11.6 Å². The van der Waals surface area contributed by atoms with Crippen molar-refractivity contribution < 1.29 is 17.7 Å². The van der Waals surface area contributed by atoms with Crippen molar-refractivity contribution in [3.8, 4) is 0 Å². The van der Waals surface area contributed by atoms with Gasteiger partial charge in [0.05, 0.1) is 21.8 Å². The topological polar surface area (TPSA) is 102 Å². The van der Waals surface area contributed by atoms with Crippen molar-refractivity contribution in [3.05, 3.63) is 57.6 Å². The monoisotopic (exact) mass is 331 g/mol. The van der Waals surface area contributed by atoms with Crippen LogP contribution in [0.1, 0.15) is 0 Å². The zero-order valence-electron chi connectivity index (χ0n) is 10.2. The highest BCUT2D eigenvalue weighted by Gasteiger charge is 2.23. The summed E-state index contributed by atoms with van der Waals surface area (Å²) < 4.78 is 39.8. The van der Waals surface area contributed by atoms with E-state index in [1.165, 1.54) is 12.3 Å². The van der Waals surface area contributed by atoms with Gasteiger partial charge in [-0.15, -0.1) is 0 Å². The number of hydrogen-bond donors (Lipinski definition) is 1. The van der Waals surface area contributed by atoms with Crippen LogP contribution in [-0.2, 0) is 10.0 Å². The van der Waals surface area contributed by atoms with E-state index in [0.717, 1.165) is 12.3 Å². The second-order valence-corrected chi connectivity index (χ2v) is 5.89. The molecular weight excluding hydrogens is 325 g/mol. The molecule has 0 atom stereocenters. The minimum atomic E-state index is -4.38. The third-order valence-corrected chi connectivity index (χ3v) is 4.14. The van der Waals surface area contributed by atoms with Crippen molar-refractivity contribution in [2.75, 3.05) is 4.72 Å². The van der Waals surface area contributed by atoms with Crippen LogP contribution in [0.4, 0.5) is 15.8 Å². The van der Waals surface area contributed by atoms with Crippen LogP contribution in [0.5, 0.6) is 0 Å². The van der Waals surface area contributed by atoms with E-state index in [1.807, 2.05) is 4.72 Å². The predicted molar refractivity (Wildman–Crippen MR) is 73.1 cm³/mol. The SMILES string of the molecule is O=[N+]([O-])c1ccc(F)c(S(=O)(=O)Nc2cnccc2Cl)c1. The highest BCUT2D eigenvalue weighted by Crippen LogP contribution is 2.26. The number of pyridine rings is 1. The number of aromatic nitrogens is 1. The molecule has 0 radical (unpaired) electrons.